The Morgan fingerprint density at radius 2 is 1.81 bits per heavy atom. The zero-order valence-electron chi connectivity index (χ0n) is 16.6. The number of ether oxygens (including phenoxy) is 1. The van der Waals surface area contributed by atoms with Gasteiger partial charge in [-0.3, -0.25) is 0 Å². The third kappa shape index (κ3) is 4.60. The van der Waals surface area contributed by atoms with E-state index in [2.05, 4.69) is 26.0 Å². The third-order valence-corrected chi connectivity index (χ3v) is 4.73. The second-order valence-electron chi connectivity index (χ2n) is 9.12. The SMILES string of the molecule is CC1(C)COB(c2ccc(C3CCCN3C(=O)OC(C)(C)C)cc2)OC1. The van der Waals surface area contributed by atoms with Crippen molar-refractivity contribution in [1.29, 1.82) is 0 Å². The number of nitrogens with zero attached hydrogens (tertiary/aromatic N) is 1. The van der Waals surface area contributed by atoms with E-state index >= 15 is 0 Å². The molecule has 0 saturated carbocycles. The van der Waals surface area contributed by atoms with Crippen molar-refractivity contribution in [3.8, 4) is 0 Å². The zero-order valence-corrected chi connectivity index (χ0v) is 16.6. The van der Waals surface area contributed by atoms with E-state index in [0.29, 0.717) is 13.2 Å². The van der Waals surface area contributed by atoms with E-state index in [1.54, 1.807) is 0 Å². The van der Waals surface area contributed by atoms with Crippen molar-refractivity contribution in [2.24, 2.45) is 5.41 Å². The van der Waals surface area contributed by atoms with Gasteiger partial charge in [0.15, 0.2) is 0 Å². The minimum Gasteiger partial charge on any atom is -0.444 e. The molecule has 1 atom stereocenters. The molecule has 2 aliphatic heterocycles. The number of carbonyl (C=O) groups excluding carboxylic acids is 1. The molecule has 0 bridgehead atoms. The molecule has 2 heterocycles. The van der Waals surface area contributed by atoms with Crippen LogP contribution in [0.25, 0.3) is 0 Å². The molecular formula is C20H30BNO4. The highest BCUT2D eigenvalue weighted by atomic mass is 16.6. The second kappa shape index (κ2) is 7.24. The lowest BCUT2D eigenvalue weighted by Gasteiger charge is -2.33. The Kier molecular flexibility index (Phi) is 5.36. The molecule has 2 aliphatic rings. The van der Waals surface area contributed by atoms with Gasteiger partial charge in [-0.15, -0.1) is 0 Å². The Bertz CT molecular complexity index is 628. The number of likely N-dealkylation sites (tertiary alicyclic amines) is 1. The summed E-state index contributed by atoms with van der Waals surface area (Å²) in [5.74, 6) is 0. The molecule has 2 saturated heterocycles. The van der Waals surface area contributed by atoms with Crippen LogP contribution in [0.15, 0.2) is 24.3 Å². The van der Waals surface area contributed by atoms with Crippen molar-refractivity contribution in [3.63, 3.8) is 0 Å². The van der Waals surface area contributed by atoms with Gasteiger partial charge in [0, 0.05) is 25.2 Å². The molecule has 26 heavy (non-hydrogen) atoms. The van der Waals surface area contributed by atoms with Crippen LogP contribution in [0.5, 0.6) is 0 Å². The second-order valence-corrected chi connectivity index (χ2v) is 9.12. The molecule has 0 aliphatic carbocycles. The first-order valence-electron chi connectivity index (χ1n) is 9.47. The number of carbonyl (C=O) groups is 1. The number of rotatable bonds is 2. The first kappa shape index (κ1) is 19.2. The van der Waals surface area contributed by atoms with Gasteiger partial charge in [-0.25, -0.2) is 4.79 Å². The lowest BCUT2D eigenvalue weighted by atomic mass is 9.75. The molecule has 1 aromatic carbocycles. The maximum atomic E-state index is 12.5. The van der Waals surface area contributed by atoms with Crippen LogP contribution in [0, 0.1) is 5.41 Å². The number of hydrogen-bond acceptors (Lipinski definition) is 4. The molecule has 6 heteroatoms. The summed E-state index contributed by atoms with van der Waals surface area (Å²) in [6.45, 7) is 12.1. The van der Waals surface area contributed by atoms with Crippen LogP contribution in [0.2, 0.25) is 0 Å². The Hall–Kier alpha value is -1.53. The van der Waals surface area contributed by atoms with Gasteiger partial charge in [-0.1, -0.05) is 38.1 Å². The molecule has 142 valence electrons. The average Bonchev–Trinajstić information content (AvgIpc) is 3.03. The maximum Gasteiger partial charge on any atom is 0.493 e. The Morgan fingerprint density at radius 1 is 1.19 bits per heavy atom. The molecule has 1 unspecified atom stereocenters. The van der Waals surface area contributed by atoms with Crippen LogP contribution < -0.4 is 5.46 Å². The van der Waals surface area contributed by atoms with E-state index in [0.717, 1.165) is 30.4 Å². The van der Waals surface area contributed by atoms with Crippen LogP contribution in [0.4, 0.5) is 4.79 Å². The topological polar surface area (TPSA) is 48.0 Å². The maximum absolute atomic E-state index is 12.5. The molecule has 1 aromatic rings. The van der Waals surface area contributed by atoms with Gasteiger partial charge in [0.2, 0.25) is 0 Å². The van der Waals surface area contributed by atoms with Gasteiger partial charge in [0.25, 0.3) is 0 Å². The van der Waals surface area contributed by atoms with Crippen molar-refractivity contribution < 1.29 is 18.8 Å². The summed E-state index contributed by atoms with van der Waals surface area (Å²) in [4.78, 5) is 14.3. The predicted molar refractivity (Wildman–Crippen MR) is 102 cm³/mol. The summed E-state index contributed by atoms with van der Waals surface area (Å²) in [6.07, 6.45) is 1.73. The van der Waals surface area contributed by atoms with E-state index in [4.69, 9.17) is 14.0 Å². The minimum atomic E-state index is -0.475. The van der Waals surface area contributed by atoms with Gasteiger partial charge in [-0.2, -0.15) is 0 Å². The van der Waals surface area contributed by atoms with Crippen molar-refractivity contribution in [2.45, 2.75) is 59.1 Å². The summed E-state index contributed by atoms with van der Waals surface area (Å²) in [6, 6.07) is 8.32. The van der Waals surface area contributed by atoms with Crippen molar-refractivity contribution in [2.75, 3.05) is 19.8 Å². The summed E-state index contributed by atoms with van der Waals surface area (Å²) in [7, 11) is -0.303. The third-order valence-electron chi connectivity index (χ3n) is 4.73. The van der Waals surface area contributed by atoms with Crippen LogP contribution in [0.3, 0.4) is 0 Å². The monoisotopic (exact) mass is 359 g/mol. The fourth-order valence-electron chi connectivity index (χ4n) is 3.41. The summed E-state index contributed by atoms with van der Waals surface area (Å²) >= 11 is 0. The highest BCUT2D eigenvalue weighted by Crippen LogP contribution is 2.33. The number of amides is 1. The van der Waals surface area contributed by atoms with Crippen molar-refractivity contribution in [1.82, 2.24) is 4.90 Å². The molecule has 0 radical (unpaired) electrons. The average molecular weight is 359 g/mol. The molecule has 0 spiro atoms. The summed E-state index contributed by atoms with van der Waals surface area (Å²) < 4.78 is 17.3. The van der Waals surface area contributed by atoms with E-state index < -0.39 is 5.60 Å². The first-order valence-corrected chi connectivity index (χ1v) is 9.47. The predicted octanol–water partition coefficient (Wildman–Crippen LogP) is 3.53. The van der Waals surface area contributed by atoms with E-state index in [9.17, 15) is 4.79 Å². The largest absolute Gasteiger partial charge is 0.493 e. The minimum absolute atomic E-state index is 0.0637. The number of benzene rings is 1. The van der Waals surface area contributed by atoms with Crippen molar-refractivity contribution >= 4 is 18.7 Å². The standard InChI is InChI=1S/C20H30BNO4/c1-19(2,3)26-18(23)22-12-6-7-17(22)15-8-10-16(11-9-15)21-24-13-20(4,5)14-25-21/h8-11,17H,6-7,12-14H2,1-5H3. The molecular weight excluding hydrogens is 329 g/mol. The van der Waals surface area contributed by atoms with Gasteiger partial charge in [-0.05, 0) is 44.6 Å². The fraction of sp³-hybridized carbons (Fsp3) is 0.650. The highest BCUT2D eigenvalue weighted by Gasteiger charge is 2.35. The first-order chi connectivity index (χ1) is 12.1. The van der Waals surface area contributed by atoms with Crippen molar-refractivity contribution in [3.05, 3.63) is 29.8 Å². The molecule has 0 aromatic heterocycles. The molecule has 5 nitrogen and oxygen atoms in total. The smallest absolute Gasteiger partial charge is 0.444 e. The Balaban J connectivity index is 1.67. The van der Waals surface area contributed by atoms with E-state index in [1.165, 1.54) is 0 Å². The van der Waals surface area contributed by atoms with Gasteiger partial charge < -0.3 is 18.9 Å². The quantitative estimate of drug-likeness (QED) is 0.758. The van der Waals surface area contributed by atoms with Gasteiger partial charge in [0.1, 0.15) is 5.60 Å². The van der Waals surface area contributed by atoms with E-state index in [1.807, 2.05) is 37.8 Å². The molecule has 0 N–H and O–H groups in total. The van der Waals surface area contributed by atoms with Gasteiger partial charge in [0.05, 0.1) is 6.04 Å². The zero-order chi connectivity index (χ0) is 18.9. The van der Waals surface area contributed by atoms with Gasteiger partial charge >= 0.3 is 13.2 Å². The lowest BCUT2D eigenvalue weighted by molar-refractivity contribution is 0.0224. The Labute approximate surface area is 157 Å². The Morgan fingerprint density at radius 3 is 2.38 bits per heavy atom. The fourth-order valence-corrected chi connectivity index (χ4v) is 3.41. The van der Waals surface area contributed by atoms with Crippen LogP contribution in [0.1, 0.15) is 59.1 Å². The van der Waals surface area contributed by atoms with Crippen LogP contribution >= 0.6 is 0 Å². The summed E-state index contributed by atoms with van der Waals surface area (Å²) in [5.41, 5.74) is 1.74. The van der Waals surface area contributed by atoms with Crippen LogP contribution in [-0.4, -0.2) is 43.5 Å². The number of hydrogen-bond donors (Lipinski definition) is 0. The molecule has 2 fully saturated rings. The summed E-state index contributed by atoms with van der Waals surface area (Å²) in [5, 5.41) is 0. The lowest BCUT2D eigenvalue weighted by Crippen LogP contribution is -2.47. The molecule has 3 rings (SSSR count). The van der Waals surface area contributed by atoms with E-state index in [-0.39, 0.29) is 24.7 Å². The highest BCUT2D eigenvalue weighted by molar-refractivity contribution is 6.61. The normalized spacial score (nSPS) is 23.2. The van der Waals surface area contributed by atoms with Crippen LogP contribution in [-0.2, 0) is 14.0 Å². The molecule has 1 amide bonds.